The number of likely N-dealkylation sites (N-methyl/N-ethyl adjacent to an activating group) is 1. The van der Waals surface area contributed by atoms with Gasteiger partial charge in [-0.15, -0.1) is 0 Å². The lowest BCUT2D eigenvalue weighted by atomic mass is 10.0. The van der Waals surface area contributed by atoms with Crippen molar-refractivity contribution in [2.24, 2.45) is 0 Å². The summed E-state index contributed by atoms with van der Waals surface area (Å²) >= 11 is 0. The van der Waals surface area contributed by atoms with Crippen molar-refractivity contribution in [3.63, 3.8) is 0 Å². The number of nitrogens with zero attached hydrogens (tertiary/aromatic N) is 1. The van der Waals surface area contributed by atoms with Gasteiger partial charge in [-0.1, -0.05) is 18.2 Å². The van der Waals surface area contributed by atoms with Crippen molar-refractivity contribution in [2.45, 2.75) is 19.9 Å². The number of aryl methyl sites for hydroxylation is 2. The normalized spacial score (nSPS) is 16.8. The van der Waals surface area contributed by atoms with E-state index in [1.807, 2.05) is 26.0 Å². The second kappa shape index (κ2) is 6.39. The number of anilines is 1. The summed E-state index contributed by atoms with van der Waals surface area (Å²) < 4.78 is 0. The van der Waals surface area contributed by atoms with Crippen LogP contribution in [0.5, 0.6) is 0 Å². The predicted molar refractivity (Wildman–Crippen MR) is 94.4 cm³/mol. The summed E-state index contributed by atoms with van der Waals surface area (Å²) in [6, 6.07) is 11.3. The van der Waals surface area contributed by atoms with E-state index in [9.17, 15) is 14.4 Å². The van der Waals surface area contributed by atoms with E-state index < -0.39 is 12.1 Å². The van der Waals surface area contributed by atoms with Gasteiger partial charge in [0.15, 0.2) is 0 Å². The molecule has 2 aromatic carbocycles. The van der Waals surface area contributed by atoms with Gasteiger partial charge in [0.2, 0.25) is 0 Å². The van der Waals surface area contributed by atoms with Crippen LogP contribution in [0.15, 0.2) is 42.5 Å². The average molecular weight is 337 g/mol. The highest BCUT2D eigenvalue weighted by Gasteiger charge is 2.36. The van der Waals surface area contributed by atoms with E-state index in [1.165, 1.54) is 7.05 Å². The second-order valence-electron chi connectivity index (χ2n) is 6.16. The highest BCUT2D eigenvalue weighted by molar-refractivity contribution is 6.05. The molecule has 0 aliphatic carbocycles. The zero-order valence-corrected chi connectivity index (χ0v) is 14.3. The molecule has 1 unspecified atom stereocenters. The molecular formula is C19H19N3O3. The minimum absolute atomic E-state index is 0.223. The summed E-state index contributed by atoms with van der Waals surface area (Å²) in [5.41, 5.74) is 3.93. The number of carbonyl (C=O) groups is 3. The standard InChI is InChI=1S/C19H19N3O3/c1-11-7-8-14(9-12(11)2)17(23)20-15-6-4-5-13(10-15)16-18(24)22(3)19(25)21-16/h4-10,16H,1-3H3,(H,20,23)(H,21,25). The number of nitrogens with one attached hydrogen (secondary N) is 2. The molecule has 1 heterocycles. The maximum Gasteiger partial charge on any atom is 0.324 e. The van der Waals surface area contributed by atoms with Crippen molar-refractivity contribution in [3.8, 4) is 0 Å². The maximum atomic E-state index is 12.4. The summed E-state index contributed by atoms with van der Waals surface area (Å²) in [5, 5.41) is 5.45. The van der Waals surface area contributed by atoms with Gasteiger partial charge >= 0.3 is 6.03 Å². The summed E-state index contributed by atoms with van der Waals surface area (Å²) in [4.78, 5) is 37.2. The molecule has 128 valence electrons. The molecule has 1 atom stereocenters. The van der Waals surface area contributed by atoms with Crippen LogP contribution >= 0.6 is 0 Å². The maximum absolute atomic E-state index is 12.4. The number of benzene rings is 2. The molecule has 3 rings (SSSR count). The minimum Gasteiger partial charge on any atom is -0.322 e. The molecule has 4 amide bonds. The molecule has 2 N–H and O–H groups in total. The van der Waals surface area contributed by atoms with Crippen molar-refractivity contribution < 1.29 is 14.4 Å². The van der Waals surface area contributed by atoms with Crippen LogP contribution in [0.3, 0.4) is 0 Å². The van der Waals surface area contributed by atoms with Crippen LogP contribution in [0.25, 0.3) is 0 Å². The molecule has 0 bridgehead atoms. The van der Waals surface area contributed by atoms with E-state index in [4.69, 9.17) is 0 Å². The first-order chi connectivity index (χ1) is 11.9. The third kappa shape index (κ3) is 3.24. The molecule has 0 aromatic heterocycles. The first-order valence-corrected chi connectivity index (χ1v) is 7.93. The van der Waals surface area contributed by atoms with Crippen molar-refractivity contribution in [1.29, 1.82) is 0 Å². The van der Waals surface area contributed by atoms with E-state index >= 15 is 0 Å². The van der Waals surface area contributed by atoms with Crippen molar-refractivity contribution in [1.82, 2.24) is 10.2 Å². The topological polar surface area (TPSA) is 78.5 Å². The van der Waals surface area contributed by atoms with E-state index in [1.54, 1.807) is 30.3 Å². The fourth-order valence-electron chi connectivity index (χ4n) is 2.68. The van der Waals surface area contributed by atoms with Crippen LogP contribution in [-0.2, 0) is 4.79 Å². The molecular weight excluding hydrogens is 318 g/mol. The number of urea groups is 1. The van der Waals surface area contributed by atoms with Gasteiger partial charge in [-0.2, -0.15) is 0 Å². The van der Waals surface area contributed by atoms with Crippen LogP contribution in [0.4, 0.5) is 10.5 Å². The van der Waals surface area contributed by atoms with Crippen LogP contribution in [0.1, 0.15) is 33.1 Å². The van der Waals surface area contributed by atoms with Gasteiger partial charge in [0.25, 0.3) is 11.8 Å². The molecule has 1 saturated heterocycles. The average Bonchev–Trinajstić information content (AvgIpc) is 2.85. The molecule has 0 radical (unpaired) electrons. The zero-order valence-electron chi connectivity index (χ0n) is 14.3. The number of carbonyl (C=O) groups excluding carboxylic acids is 3. The Balaban J connectivity index is 1.80. The molecule has 6 nitrogen and oxygen atoms in total. The lowest BCUT2D eigenvalue weighted by molar-refractivity contribution is -0.126. The van der Waals surface area contributed by atoms with Crippen molar-refractivity contribution in [2.75, 3.05) is 12.4 Å². The lowest BCUT2D eigenvalue weighted by Gasteiger charge is -2.12. The van der Waals surface area contributed by atoms with Crippen molar-refractivity contribution in [3.05, 3.63) is 64.7 Å². The van der Waals surface area contributed by atoms with Crippen molar-refractivity contribution >= 4 is 23.5 Å². The Hall–Kier alpha value is -3.15. The molecule has 1 aliphatic rings. The van der Waals surface area contributed by atoms with Gasteiger partial charge in [0.1, 0.15) is 6.04 Å². The number of imide groups is 1. The smallest absolute Gasteiger partial charge is 0.322 e. The molecule has 25 heavy (non-hydrogen) atoms. The quantitative estimate of drug-likeness (QED) is 0.845. The van der Waals surface area contributed by atoms with E-state index in [0.29, 0.717) is 16.8 Å². The second-order valence-corrected chi connectivity index (χ2v) is 6.16. The summed E-state index contributed by atoms with van der Waals surface area (Å²) in [6.07, 6.45) is 0. The van der Waals surface area contributed by atoms with Gasteiger partial charge in [-0.05, 0) is 54.8 Å². The Morgan fingerprint density at radius 2 is 1.84 bits per heavy atom. The summed E-state index contributed by atoms with van der Waals surface area (Å²) in [5.74, 6) is -0.540. The molecule has 2 aromatic rings. The van der Waals surface area contributed by atoms with Gasteiger partial charge < -0.3 is 10.6 Å². The molecule has 0 saturated carbocycles. The summed E-state index contributed by atoms with van der Waals surface area (Å²) in [7, 11) is 1.43. The third-order valence-corrected chi connectivity index (χ3v) is 4.40. The fraction of sp³-hybridized carbons (Fsp3) is 0.211. The largest absolute Gasteiger partial charge is 0.324 e. The Morgan fingerprint density at radius 3 is 2.48 bits per heavy atom. The number of amides is 4. The Kier molecular flexibility index (Phi) is 4.27. The summed E-state index contributed by atoms with van der Waals surface area (Å²) in [6.45, 7) is 3.95. The van der Waals surface area contributed by atoms with E-state index in [0.717, 1.165) is 16.0 Å². The Morgan fingerprint density at radius 1 is 1.08 bits per heavy atom. The zero-order chi connectivity index (χ0) is 18.1. The first kappa shape index (κ1) is 16.7. The van der Waals surface area contributed by atoms with Crippen LogP contribution in [-0.4, -0.2) is 29.8 Å². The highest BCUT2D eigenvalue weighted by Crippen LogP contribution is 2.23. The van der Waals surface area contributed by atoms with Crippen LogP contribution < -0.4 is 10.6 Å². The number of hydrogen-bond acceptors (Lipinski definition) is 3. The molecule has 1 aliphatic heterocycles. The highest BCUT2D eigenvalue weighted by atomic mass is 16.2. The molecule has 6 heteroatoms. The van der Waals surface area contributed by atoms with Gasteiger partial charge in [-0.3, -0.25) is 14.5 Å². The minimum atomic E-state index is -0.726. The van der Waals surface area contributed by atoms with Crippen LogP contribution in [0.2, 0.25) is 0 Å². The van der Waals surface area contributed by atoms with Gasteiger partial charge in [-0.25, -0.2) is 4.79 Å². The molecule has 0 spiro atoms. The van der Waals surface area contributed by atoms with E-state index in [-0.39, 0.29) is 11.8 Å². The monoisotopic (exact) mass is 337 g/mol. The Bertz CT molecular complexity index is 876. The number of rotatable bonds is 3. The fourth-order valence-corrected chi connectivity index (χ4v) is 2.68. The van der Waals surface area contributed by atoms with Crippen LogP contribution in [0, 0.1) is 13.8 Å². The Labute approximate surface area is 145 Å². The molecule has 1 fully saturated rings. The van der Waals surface area contributed by atoms with Gasteiger partial charge in [0.05, 0.1) is 0 Å². The predicted octanol–water partition coefficient (Wildman–Crippen LogP) is 2.78. The lowest BCUT2D eigenvalue weighted by Crippen LogP contribution is -2.25. The van der Waals surface area contributed by atoms with E-state index in [2.05, 4.69) is 10.6 Å². The third-order valence-electron chi connectivity index (χ3n) is 4.40. The number of hydrogen-bond donors (Lipinski definition) is 2. The van der Waals surface area contributed by atoms with Gasteiger partial charge in [0, 0.05) is 18.3 Å². The first-order valence-electron chi connectivity index (χ1n) is 7.93. The SMILES string of the molecule is Cc1ccc(C(=O)Nc2cccc(C3NC(=O)N(C)C3=O)c2)cc1C.